The van der Waals surface area contributed by atoms with E-state index in [2.05, 4.69) is 25.3 Å². The Kier molecular flexibility index (Phi) is 11.5. The molecule has 0 bridgehead atoms. The first-order valence-corrected chi connectivity index (χ1v) is 6.68. The molecule has 0 N–H and O–H groups in total. The molecular weight excluding hydrogens is 182 g/mol. The van der Waals surface area contributed by atoms with Gasteiger partial charge in [-0.1, -0.05) is 32.8 Å². The first-order valence-electron chi connectivity index (χ1n) is 6.68. The molecule has 0 aromatic heterocycles. The first-order chi connectivity index (χ1) is 7.35. The van der Waals surface area contributed by atoms with Gasteiger partial charge >= 0.3 is 0 Å². The lowest BCUT2D eigenvalue weighted by molar-refractivity contribution is 0.264. The van der Waals surface area contributed by atoms with Crippen molar-refractivity contribution in [3.05, 3.63) is 12.7 Å². The summed E-state index contributed by atoms with van der Waals surface area (Å²) in [5.41, 5.74) is 0. The third-order valence-corrected chi connectivity index (χ3v) is 2.75. The fourth-order valence-corrected chi connectivity index (χ4v) is 1.83. The Labute approximate surface area is 96.6 Å². The summed E-state index contributed by atoms with van der Waals surface area (Å²) in [4.78, 5) is 2.62. The van der Waals surface area contributed by atoms with Gasteiger partial charge in [0.15, 0.2) is 0 Å². The molecule has 0 rings (SSSR count). The topological polar surface area (TPSA) is 3.24 Å². The lowest BCUT2D eigenvalue weighted by atomic mass is 10.2. The van der Waals surface area contributed by atoms with Crippen LogP contribution in [0.5, 0.6) is 0 Å². The summed E-state index contributed by atoms with van der Waals surface area (Å²) in [6, 6.07) is 0. The maximum absolute atomic E-state index is 3.75. The lowest BCUT2D eigenvalue weighted by Gasteiger charge is -2.21. The predicted octanol–water partition coefficient (Wildman–Crippen LogP) is 4.24. The fourth-order valence-electron chi connectivity index (χ4n) is 1.83. The van der Waals surface area contributed by atoms with Crippen LogP contribution in [0.1, 0.15) is 58.8 Å². The molecule has 0 fully saturated rings. The van der Waals surface area contributed by atoms with Gasteiger partial charge in [-0.15, -0.1) is 6.58 Å². The molecule has 0 radical (unpaired) electrons. The molecule has 0 unspecified atom stereocenters. The average Bonchev–Trinajstić information content (AvgIpc) is 2.25. The molecule has 90 valence electrons. The monoisotopic (exact) mass is 211 g/mol. The molecule has 0 spiro atoms. The molecule has 1 nitrogen and oxygen atoms in total. The highest BCUT2D eigenvalue weighted by Crippen LogP contribution is 2.04. The van der Waals surface area contributed by atoms with Crippen LogP contribution in [0, 0.1) is 0 Å². The normalized spacial score (nSPS) is 10.9. The fraction of sp³-hybridized carbons (Fsp3) is 0.857. The number of nitrogens with zero attached hydrogens (tertiary/aromatic N) is 1. The molecule has 0 heterocycles. The highest BCUT2D eigenvalue weighted by atomic mass is 15.1. The summed E-state index contributed by atoms with van der Waals surface area (Å²) >= 11 is 0. The Morgan fingerprint density at radius 1 is 0.867 bits per heavy atom. The van der Waals surface area contributed by atoms with Gasteiger partial charge in [0.2, 0.25) is 0 Å². The molecule has 0 amide bonds. The predicted molar refractivity (Wildman–Crippen MR) is 70.3 cm³/mol. The SMILES string of the molecule is C=CCCCCCN(CCC)CCCC. The van der Waals surface area contributed by atoms with Crippen molar-refractivity contribution in [2.45, 2.75) is 58.8 Å². The van der Waals surface area contributed by atoms with Crippen molar-refractivity contribution in [3.8, 4) is 0 Å². The third kappa shape index (κ3) is 9.99. The Hall–Kier alpha value is -0.300. The number of hydrogen-bond acceptors (Lipinski definition) is 1. The van der Waals surface area contributed by atoms with E-state index in [1.54, 1.807) is 0 Å². The van der Waals surface area contributed by atoms with Crippen molar-refractivity contribution in [2.75, 3.05) is 19.6 Å². The van der Waals surface area contributed by atoms with E-state index in [9.17, 15) is 0 Å². The molecule has 0 aromatic carbocycles. The van der Waals surface area contributed by atoms with Gasteiger partial charge in [-0.05, 0) is 51.7 Å². The van der Waals surface area contributed by atoms with E-state index < -0.39 is 0 Å². The first kappa shape index (κ1) is 14.7. The second kappa shape index (κ2) is 11.8. The number of allylic oxidation sites excluding steroid dienone is 1. The second-order valence-corrected chi connectivity index (χ2v) is 4.33. The summed E-state index contributed by atoms with van der Waals surface area (Å²) in [5.74, 6) is 0. The van der Waals surface area contributed by atoms with Crippen LogP contribution < -0.4 is 0 Å². The Morgan fingerprint density at radius 3 is 2.20 bits per heavy atom. The van der Waals surface area contributed by atoms with Crippen LogP contribution in [0.25, 0.3) is 0 Å². The Bertz CT molecular complexity index is 131. The highest BCUT2D eigenvalue weighted by molar-refractivity contribution is 4.66. The van der Waals surface area contributed by atoms with Gasteiger partial charge in [-0.2, -0.15) is 0 Å². The van der Waals surface area contributed by atoms with Gasteiger partial charge in [-0.25, -0.2) is 0 Å². The molecule has 0 saturated carbocycles. The van der Waals surface area contributed by atoms with E-state index in [-0.39, 0.29) is 0 Å². The minimum atomic E-state index is 1.18. The molecule has 0 aliphatic heterocycles. The molecule has 15 heavy (non-hydrogen) atoms. The summed E-state index contributed by atoms with van der Waals surface area (Å²) in [6.45, 7) is 12.2. The van der Waals surface area contributed by atoms with Crippen molar-refractivity contribution >= 4 is 0 Å². The van der Waals surface area contributed by atoms with Gasteiger partial charge in [0.25, 0.3) is 0 Å². The molecule has 1 heteroatoms. The van der Waals surface area contributed by atoms with Gasteiger partial charge in [0.05, 0.1) is 0 Å². The zero-order valence-corrected chi connectivity index (χ0v) is 10.8. The summed E-state index contributed by atoms with van der Waals surface area (Å²) in [6.07, 6.45) is 11.2. The molecular formula is C14H29N. The summed E-state index contributed by atoms with van der Waals surface area (Å²) < 4.78 is 0. The van der Waals surface area contributed by atoms with Crippen molar-refractivity contribution in [2.24, 2.45) is 0 Å². The largest absolute Gasteiger partial charge is 0.303 e. The highest BCUT2D eigenvalue weighted by Gasteiger charge is 2.01. The maximum atomic E-state index is 3.75. The van der Waals surface area contributed by atoms with E-state index >= 15 is 0 Å². The molecule has 0 atom stereocenters. The zero-order chi connectivity index (χ0) is 11.4. The van der Waals surface area contributed by atoms with Gasteiger partial charge < -0.3 is 4.90 Å². The van der Waals surface area contributed by atoms with Crippen LogP contribution in [0.3, 0.4) is 0 Å². The maximum Gasteiger partial charge on any atom is -0.00187 e. The van der Waals surface area contributed by atoms with Crippen LogP contribution in [-0.2, 0) is 0 Å². The second-order valence-electron chi connectivity index (χ2n) is 4.33. The van der Waals surface area contributed by atoms with Crippen LogP contribution in [0.4, 0.5) is 0 Å². The van der Waals surface area contributed by atoms with E-state index in [1.807, 2.05) is 6.08 Å². The van der Waals surface area contributed by atoms with E-state index in [1.165, 1.54) is 64.6 Å². The smallest absolute Gasteiger partial charge is 0.00187 e. The van der Waals surface area contributed by atoms with E-state index in [4.69, 9.17) is 0 Å². The number of rotatable bonds is 11. The van der Waals surface area contributed by atoms with Crippen LogP contribution in [0.15, 0.2) is 12.7 Å². The molecule has 0 aliphatic carbocycles. The van der Waals surface area contributed by atoms with E-state index in [0.29, 0.717) is 0 Å². The lowest BCUT2D eigenvalue weighted by Crippen LogP contribution is -2.26. The average molecular weight is 211 g/mol. The van der Waals surface area contributed by atoms with Crippen LogP contribution in [0.2, 0.25) is 0 Å². The third-order valence-electron chi connectivity index (χ3n) is 2.75. The standard InChI is InChI=1S/C14H29N/c1-4-7-9-10-11-14-15(12-6-3)13-8-5-2/h4H,1,5-14H2,2-3H3. The summed E-state index contributed by atoms with van der Waals surface area (Å²) in [5, 5.41) is 0. The quantitative estimate of drug-likeness (QED) is 0.365. The van der Waals surface area contributed by atoms with Gasteiger partial charge in [0.1, 0.15) is 0 Å². The number of unbranched alkanes of at least 4 members (excludes halogenated alkanes) is 4. The Morgan fingerprint density at radius 2 is 1.60 bits per heavy atom. The van der Waals surface area contributed by atoms with Gasteiger partial charge in [-0.3, -0.25) is 0 Å². The minimum Gasteiger partial charge on any atom is -0.303 e. The number of hydrogen-bond donors (Lipinski definition) is 0. The van der Waals surface area contributed by atoms with E-state index in [0.717, 1.165) is 0 Å². The Balaban J connectivity index is 3.42. The summed E-state index contributed by atoms with van der Waals surface area (Å²) in [7, 11) is 0. The van der Waals surface area contributed by atoms with Crippen LogP contribution >= 0.6 is 0 Å². The van der Waals surface area contributed by atoms with Crippen molar-refractivity contribution in [1.82, 2.24) is 4.90 Å². The molecule has 0 aliphatic rings. The van der Waals surface area contributed by atoms with Crippen LogP contribution in [-0.4, -0.2) is 24.5 Å². The van der Waals surface area contributed by atoms with Crippen molar-refractivity contribution in [3.63, 3.8) is 0 Å². The van der Waals surface area contributed by atoms with Crippen molar-refractivity contribution in [1.29, 1.82) is 0 Å². The molecule has 0 saturated heterocycles. The van der Waals surface area contributed by atoms with Crippen molar-refractivity contribution < 1.29 is 0 Å². The van der Waals surface area contributed by atoms with Gasteiger partial charge in [0, 0.05) is 0 Å². The molecule has 0 aromatic rings. The minimum absolute atomic E-state index is 1.18. The zero-order valence-electron chi connectivity index (χ0n) is 10.8.